The number of esters is 1. The Labute approximate surface area is 93.0 Å². The molecule has 0 N–H and O–H groups in total. The molecule has 0 atom stereocenters. The Morgan fingerprint density at radius 2 is 2.06 bits per heavy atom. The zero-order valence-electron chi connectivity index (χ0n) is 8.65. The number of hydrogen-bond donors (Lipinski definition) is 0. The summed E-state index contributed by atoms with van der Waals surface area (Å²) in [6.07, 6.45) is 0. The van der Waals surface area contributed by atoms with Gasteiger partial charge >= 0.3 is 5.97 Å². The van der Waals surface area contributed by atoms with Crippen molar-refractivity contribution in [2.75, 3.05) is 0 Å². The Kier molecular flexibility index (Phi) is 3.42. The second-order valence-electron chi connectivity index (χ2n) is 3.10. The maximum atomic E-state index is 11.2. The SMILES string of the molecule is C=C(C)C(=O)Oc1ccc(C#N)cc1C#N. The van der Waals surface area contributed by atoms with Crippen molar-refractivity contribution in [2.45, 2.75) is 6.92 Å². The summed E-state index contributed by atoms with van der Waals surface area (Å²) in [5.74, 6) is -0.462. The van der Waals surface area contributed by atoms with Gasteiger partial charge in [-0.3, -0.25) is 0 Å². The van der Waals surface area contributed by atoms with Crippen molar-refractivity contribution in [3.63, 3.8) is 0 Å². The van der Waals surface area contributed by atoms with Crippen LogP contribution in [0.1, 0.15) is 18.1 Å². The van der Waals surface area contributed by atoms with E-state index in [2.05, 4.69) is 6.58 Å². The summed E-state index contributed by atoms with van der Waals surface area (Å²) in [6.45, 7) is 4.94. The van der Waals surface area contributed by atoms with Gasteiger partial charge in [-0.25, -0.2) is 4.79 Å². The minimum absolute atomic E-state index is 0.134. The summed E-state index contributed by atoms with van der Waals surface area (Å²) in [6, 6.07) is 8.00. The molecule has 0 saturated heterocycles. The van der Waals surface area contributed by atoms with Crippen LogP contribution in [0.4, 0.5) is 0 Å². The van der Waals surface area contributed by atoms with Crippen LogP contribution in [-0.2, 0) is 4.79 Å². The third-order valence-corrected chi connectivity index (χ3v) is 1.78. The van der Waals surface area contributed by atoms with Gasteiger partial charge in [0.2, 0.25) is 0 Å². The summed E-state index contributed by atoms with van der Waals surface area (Å²) in [5.41, 5.74) is 0.730. The fourth-order valence-corrected chi connectivity index (χ4v) is 0.963. The Balaban J connectivity index is 3.08. The molecule has 4 heteroatoms. The van der Waals surface area contributed by atoms with Crippen molar-refractivity contribution in [3.05, 3.63) is 41.5 Å². The summed E-state index contributed by atoms with van der Waals surface area (Å²) in [5, 5.41) is 17.5. The van der Waals surface area contributed by atoms with Gasteiger partial charge in [0.1, 0.15) is 11.8 Å². The first kappa shape index (κ1) is 11.5. The Hall–Kier alpha value is -2.59. The predicted molar refractivity (Wildman–Crippen MR) is 56.3 cm³/mol. The normalized spacial score (nSPS) is 8.69. The number of benzene rings is 1. The third-order valence-electron chi connectivity index (χ3n) is 1.78. The quantitative estimate of drug-likeness (QED) is 0.426. The molecule has 0 saturated carbocycles. The van der Waals surface area contributed by atoms with Crippen molar-refractivity contribution >= 4 is 5.97 Å². The first-order chi connectivity index (χ1) is 7.58. The topological polar surface area (TPSA) is 73.9 Å². The van der Waals surface area contributed by atoms with Gasteiger partial charge in [-0.2, -0.15) is 10.5 Å². The van der Waals surface area contributed by atoms with Crippen molar-refractivity contribution in [1.82, 2.24) is 0 Å². The number of nitriles is 2. The van der Waals surface area contributed by atoms with Gasteiger partial charge in [0.25, 0.3) is 0 Å². The molecule has 0 aliphatic rings. The van der Waals surface area contributed by atoms with Crippen LogP contribution >= 0.6 is 0 Å². The zero-order chi connectivity index (χ0) is 12.1. The highest BCUT2D eigenvalue weighted by Gasteiger charge is 2.10. The van der Waals surface area contributed by atoms with E-state index in [4.69, 9.17) is 15.3 Å². The van der Waals surface area contributed by atoms with Crippen LogP contribution in [0.2, 0.25) is 0 Å². The van der Waals surface area contributed by atoms with Crippen LogP contribution in [0, 0.1) is 22.7 Å². The van der Waals surface area contributed by atoms with Gasteiger partial charge in [-0.15, -0.1) is 0 Å². The third kappa shape index (κ3) is 2.46. The molecule has 0 aliphatic carbocycles. The minimum atomic E-state index is -0.596. The molecule has 78 valence electrons. The van der Waals surface area contributed by atoms with Gasteiger partial charge in [0.05, 0.1) is 17.2 Å². The standard InChI is InChI=1S/C12H8N2O2/c1-8(2)12(15)16-11-4-3-9(6-13)5-10(11)7-14/h3-5H,1H2,2H3. The molecule has 0 heterocycles. The fraction of sp³-hybridized carbons (Fsp3) is 0.0833. The highest BCUT2D eigenvalue weighted by atomic mass is 16.5. The molecule has 1 aromatic rings. The van der Waals surface area contributed by atoms with Gasteiger partial charge in [0.15, 0.2) is 0 Å². The Morgan fingerprint density at radius 3 is 2.56 bits per heavy atom. The molecule has 0 amide bonds. The molecule has 0 radical (unpaired) electrons. The fourth-order valence-electron chi connectivity index (χ4n) is 0.963. The molecular formula is C12H8N2O2. The van der Waals surface area contributed by atoms with Gasteiger partial charge in [-0.05, 0) is 25.1 Å². The van der Waals surface area contributed by atoms with Crippen molar-refractivity contribution < 1.29 is 9.53 Å². The van der Waals surface area contributed by atoms with E-state index < -0.39 is 5.97 Å². The lowest BCUT2D eigenvalue weighted by atomic mass is 10.1. The van der Waals surface area contributed by atoms with E-state index in [1.54, 1.807) is 0 Å². The molecule has 0 spiro atoms. The largest absolute Gasteiger partial charge is 0.422 e. The van der Waals surface area contributed by atoms with Crippen LogP contribution in [-0.4, -0.2) is 5.97 Å². The second kappa shape index (κ2) is 4.77. The van der Waals surface area contributed by atoms with Gasteiger partial charge in [-0.1, -0.05) is 6.58 Å². The van der Waals surface area contributed by atoms with Crippen LogP contribution < -0.4 is 4.74 Å². The maximum Gasteiger partial charge on any atom is 0.338 e. The highest BCUT2D eigenvalue weighted by Crippen LogP contribution is 2.19. The molecule has 4 nitrogen and oxygen atoms in total. The molecule has 1 aromatic carbocycles. The number of carbonyl (C=O) groups is 1. The monoisotopic (exact) mass is 212 g/mol. The second-order valence-corrected chi connectivity index (χ2v) is 3.10. The van der Waals surface area contributed by atoms with Crippen LogP contribution in [0.3, 0.4) is 0 Å². The molecule has 0 bridgehead atoms. The molecule has 1 rings (SSSR count). The maximum absolute atomic E-state index is 11.2. The number of carbonyl (C=O) groups excluding carboxylic acids is 1. The number of nitrogens with zero attached hydrogens (tertiary/aromatic N) is 2. The molecular weight excluding hydrogens is 204 g/mol. The molecule has 0 aliphatic heterocycles. The minimum Gasteiger partial charge on any atom is -0.422 e. The first-order valence-electron chi connectivity index (χ1n) is 4.40. The van der Waals surface area contributed by atoms with Gasteiger partial charge < -0.3 is 4.74 Å². The van der Waals surface area contributed by atoms with Gasteiger partial charge in [0, 0.05) is 5.57 Å². The van der Waals surface area contributed by atoms with Crippen LogP contribution in [0.15, 0.2) is 30.4 Å². The molecule has 0 unspecified atom stereocenters. The van der Waals surface area contributed by atoms with E-state index in [0.717, 1.165) is 0 Å². The number of ether oxygens (including phenoxy) is 1. The summed E-state index contributed by atoms with van der Waals surface area (Å²) in [7, 11) is 0. The van der Waals surface area contributed by atoms with E-state index in [1.807, 2.05) is 12.1 Å². The lowest BCUT2D eigenvalue weighted by Crippen LogP contribution is -2.09. The van der Waals surface area contributed by atoms with Crippen molar-refractivity contribution in [2.24, 2.45) is 0 Å². The van der Waals surface area contributed by atoms with E-state index in [9.17, 15) is 4.79 Å². The highest BCUT2D eigenvalue weighted by molar-refractivity contribution is 5.89. The van der Waals surface area contributed by atoms with E-state index in [-0.39, 0.29) is 16.9 Å². The lowest BCUT2D eigenvalue weighted by molar-refractivity contribution is -0.130. The van der Waals surface area contributed by atoms with E-state index >= 15 is 0 Å². The summed E-state index contributed by atoms with van der Waals surface area (Å²) in [4.78, 5) is 11.2. The molecule has 0 aromatic heterocycles. The molecule has 16 heavy (non-hydrogen) atoms. The smallest absolute Gasteiger partial charge is 0.338 e. The average molecular weight is 212 g/mol. The van der Waals surface area contributed by atoms with Crippen molar-refractivity contribution in [1.29, 1.82) is 10.5 Å². The average Bonchev–Trinajstić information content (AvgIpc) is 2.29. The van der Waals surface area contributed by atoms with E-state index in [1.165, 1.54) is 25.1 Å². The zero-order valence-corrected chi connectivity index (χ0v) is 8.65. The van der Waals surface area contributed by atoms with Crippen molar-refractivity contribution in [3.8, 4) is 17.9 Å². The number of rotatable bonds is 2. The van der Waals surface area contributed by atoms with Crippen LogP contribution in [0.5, 0.6) is 5.75 Å². The Morgan fingerprint density at radius 1 is 1.38 bits per heavy atom. The van der Waals surface area contributed by atoms with Crippen LogP contribution in [0.25, 0.3) is 0 Å². The Bertz CT molecular complexity index is 533. The number of hydrogen-bond acceptors (Lipinski definition) is 4. The summed E-state index contributed by atoms with van der Waals surface area (Å²) < 4.78 is 4.93. The first-order valence-corrected chi connectivity index (χ1v) is 4.40. The summed E-state index contributed by atoms with van der Waals surface area (Å²) >= 11 is 0. The predicted octanol–water partition coefficient (Wildman–Crippen LogP) is 1.91. The van der Waals surface area contributed by atoms with E-state index in [0.29, 0.717) is 5.56 Å². The lowest BCUT2D eigenvalue weighted by Gasteiger charge is -2.05. The molecule has 0 fully saturated rings.